The van der Waals surface area contributed by atoms with Crippen LogP contribution in [0.4, 0.5) is 0 Å². The standard InChI is InChI=1S/C41H75N5O13S2/c42-33(41(55)60)32-61-29-15-20-43-37(49)30-58-27-26-57-24-22-45-38(50)31-59-28-25-56-23-21-44-35(47)19-18-34(40(53)54)46-36(48)16-13-11-9-7-5-3-1-2-4-6-8-10-12-14-17-39(51)52/h33-34H,1-32,42H2,(H,43,49)(H,44,47)(H,45,50)(H,46,48)(H,51,52)(H,53,54)(H,55,60)/t33-,34-/m0/s1. The highest BCUT2D eigenvalue weighted by Gasteiger charge is 2.21. The number of hydrogen-bond donors (Lipinski definition) is 8. The normalized spacial score (nSPS) is 12.0. The van der Waals surface area contributed by atoms with Gasteiger partial charge in [0.2, 0.25) is 28.7 Å². The molecule has 0 heterocycles. The second kappa shape index (κ2) is 42.3. The van der Waals surface area contributed by atoms with E-state index in [0.717, 1.165) is 50.7 Å². The van der Waals surface area contributed by atoms with Crippen molar-refractivity contribution in [3.63, 3.8) is 0 Å². The summed E-state index contributed by atoms with van der Waals surface area (Å²) in [5, 5.41) is 28.4. The Kier molecular flexibility index (Phi) is 40.2. The Morgan fingerprint density at radius 3 is 1.44 bits per heavy atom. The van der Waals surface area contributed by atoms with Crippen LogP contribution in [0.25, 0.3) is 0 Å². The maximum atomic E-state index is 12.3. The number of carbonyl (C=O) groups is 7. The minimum absolute atomic E-state index is 0.0283. The van der Waals surface area contributed by atoms with E-state index in [4.69, 9.17) is 29.8 Å². The Morgan fingerprint density at radius 2 is 0.967 bits per heavy atom. The molecule has 0 saturated carbocycles. The number of aliphatic carboxylic acids is 2. The van der Waals surface area contributed by atoms with E-state index >= 15 is 0 Å². The highest BCUT2D eigenvalue weighted by Crippen LogP contribution is 2.14. The molecule has 4 amide bonds. The van der Waals surface area contributed by atoms with Crippen LogP contribution >= 0.6 is 24.4 Å². The number of ether oxygens (including phenoxy) is 4. The van der Waals surface area contributed by atoms with Gasteiger partial charge in [0.1, 0.15) is 19.3 Å². The Morgan fingerprint density at radius 1 is 0.525 bits per heavy atom. The van der Waals surface area contributed by atoms with E-state index in [1.807, 2.05) is 0 Å². The maximum absolute atomic E-state index is 12.3. The molecule has 0 fully saturated rings. The Bertz CT molecular complexity index is 1210. The van der Waals surface area contributed by atoms with E-state index in [1.165, 1.54) is 56.7 Å². The van der Waals surface area contributed by atoms with Gasteiger partial charge in [0.25, 0.3) is 0 Å². The molecule has 0 aromatic rings. The van der Waals surface area contributed by atoms with Crippen LogP contribution in [-0.4, -0.2) is 147 Å². The fraction of sp³-hybridized carbons (Fsp3) is 0.829. The SMILES string of the molecule is N[C@@H](CSCCCNC(=O)COCCOCCNC(=O)COCCOCCNC(=O)CC[C@H](NC(=O)CCCCCCCCCCCCCCCCC(=O)O)C(=O)O)C(=O)S. The Hall–Kier alpha value is -3.01. The lowest BCUT2D eigenvalue weighted by molar-refractivity contribution is -0.142. The van der Waals surface area contributed by atoms with Gasteiger partial charge in [-0.2, -0.15) is 11.8 Å². The van der Waals surface area contributed by atoms with Crippen LogP contribution in [0.3, 0.4) is 0 Å². The quantitative estimate of drug-likeness (QED) is 0.0322. The molecule has 0 aliphatic carbocycles. The van der Waals surface area contributed by atoms with E-state index < -0.39 is 24.0 Å². The zero-order valence-corrected chi connectivity index (χ0v) is 37.8. The summed E-state index contributed by atoms with van der Waals surface area (Å²) in [7, 11) is 0. The van der Waals surface area contributed by atoms with Gasteiger partial charge in [-0.15, -0.1) is 12.6 Å². The molecule has 61 heavy (non-hydrogen) atoms. The van der Waals surface area contributed by atoms with Crippen molar-refractivity contribution in [3.8, 4) is 0 Å². The van der Waals surface area contributed by atoms with Crippen molar-refractivity contribution < 1.29 is 62.7 Å². The Balaban J connectivity index is 3.64. The third kappa shape index (κ3) is 42.1. The monoisotopic (exact) mass is 909 g/mol. The van der Waals surface area contributed by atoms with Crippen molar-refractivity contribution in [2.24, 2.45) is 5.73 Å². The van der Waals surface area contributed by atoms with Crippen molar-refractivity contribution in [2.75, 3.05) is 84.0 Å². The van der Waals surface area contributed by atoms with Gasteiger partial charge in [0, 0.05) is 44.6 Å². The molecule has 20 heteroatoms. The number of carbonyl (C=O) groups excluding carboxylic acids is 5. The van der Waals surface area contributed by atoms with Gasteiger partial charge in [-0.25, -0.2) is 4.79 Å². The number of carboxylic acid groups (broad SMARTS) is 2. The van der Waals surface area contributed by atoms with Crippen molar-refractivity contribution in [1.82, 2.24) is 21.3 Å². The van der Waals surface area contributed by atoms with Crippen molar-refractivity contribution in [3.05, 3.63) is 0 Å². The molecular formula is C41H75N5O13S2. The fourth-order valence-electron chi connectivity index (χ4n) is 5.65. The number of nitrogens with one attached hydrogen (secondary N) is 4. The van der Waals surface area contributed by atoms with Gasteiger partial charge in [0.05, 0.1) is 45.7 Å². The third-order valence-corrected chi connectivity index (χ3v) is 10.6. The summed E-state index contributed by atoms with van der Waals surface area (Å²) in [5.41, 5.74) is 5.59. The van der Waals surface area contributed by atoms with Crippen LogP contribution in [0.1, 0.15) is 122 Å². The molecule has 0 aromatic carbocycles. The van der Waals surface area contributed by atoms with E-state index in [9.17, 15) is 38.7 Å². The van der Waals surface area contributed by atoms with Gasteiger partial charge in [0.15, 0.2) is 0 Å². The van der Waals surface area contributed by atoms with Crippen molar-refractivity contribution in [1.29, 1.82) is 0 Å². The molecule has 0 aliphatic rings. The van der Waals surface area contributed by atoms with Gasteiger partial charge >= 0.3 is 11.9 Å². The second-order valence-electron chi connectivity index (χ2n) is 14.6. The first-order valence-corrected chi connectivity index (χ1v) is 23.4. The van der Waals surface area contributed by atoms with Crippen LogP contribution in [0.5, 0.6) is 0 Å². The predicted octanol–water partition coefficient (Wildman–Crippen LogP) is 2.98. The third-order valence-electron chi connectivity index (χ3n) is 9.09. The van der Waals surface area contributed by atoms with Gasteiger partial charge in [-0.05, 0) is 31.4 Å². The topological polar surface area (TPSA) is 271 Å². The first-order chi connectivity index (χ1) is 29.4. The molecular weight excluding hydrogens is 835 g/mol. The molecule has 2 atom stereocenters. The molecule has 0 aliphatic heterocycles. The summed E-state index contributed by atoms with van der Waals surface area (Å²) >= 11 is 5.21. The van der Waals surface area contributed by atoms with Gasteiger partial charge < -0.3 is 56.2 Å². The molecule has 8 N–H and O–H groups in total. The first-order valence-electron chi connectivity index (χ1n) is 21.8. The van der Waals surface area contributed by atoms with Crippen LogP contribution in [0, 0.1) is 0 Å². The number of unbranched alkanes of at least 4 members (excludes halogenated alkanes) is 13. The van der Waals surface area contributed by atoms with Gasteiger partial charge in [-0.1, -0.05) is 77.0 Å². The summed E-state index contributed by atoms with van der Waals surface area (Å²) < 4.78 is 21.3. The summed E-state index contributed by atoms with van der Waals surface area (Å²) in [4.78, 5) is 81.3. The molecule has 18 nitrogen and oxygen atoms in total. The fourth-order valence-corrected chi connectivity index (χ4v) is 6.79. The van der Waals surface area contributed by atoms with Crippen LogP contribution in [0.15, 0.2) is 0 Å². The molecule has 0 radical (unpaired) electrons. The second-order valence-corrected chi connectivity index (χ2v) is 16.2. The minimum atomic E-state index is -1.19. The predicted molar refractivity (Wildman–Crippen MR) is 237 cm³/mol. The lowest BCUT2D eigenvalue weighted by Crippen LogP contribution is -2.41. The largest absolute Gasteiger partial charge is 0.481 e. The van der Waals surface area contributed by atoms with Crippen molar-refractivity contribution >= 4 is 65.1 Å². The number of rotatable bonds is 45. The zero-order chi connectivity index (χ0) is 45.2. The molecule has 354 valence electrons. The lowest BCUT2D eigenvalue weighted by Gasteiger charge is -2.14. The van der Waals surface area contributed by atoms with Crippen LogP contribution < -0.4 is 27.0 Å². The molecule has 0 rings (SSSR count). The first kappa shape index (κ1) is 58.0. The minimum Gasteiger partial charge on any atom is -0.481 e. The average molecular weight is 910 g/mol. The summed E-state index contributed by atoms with van der Waals surface area (Å²) in [6.07, 6.45) is 16.2. The van der Waals surface area contributed by atoms with E-state index in [0.29, 0.717) is 18.7 Å². The molecule has 0 bridgehead atoms. The highest BCUT2D eigenvalue weighted by molar-refractivity contribution is 8.00. The number of hydrogen-bond acceptors (Lipinski definition) is 13. The summed E-state index contributed by atoms with van der Waals surface area (Å²) in [6, 6.07) is -1.73. The molecule has 0 unspecified atom stereocenters. The maximum Gasteiger partial charge on any atom is 0.326 e. The molecule has 0 saturated heterocycles. The van der Waals surface area contributed by atoms with E-state index in [1.54, 1.807) is 0 Å². The highest BCUT2D eigenvalue weighted by atomic mass is 32.2. The number of thiol groups is 1. The smallest absolute Gasteiger partial charge is 0.326 e. The molecule has 0 aromatic heterocycles. The average Bonchev–Trinajstić information content (AvgIpc) is 3.21. The van der Waals surface area contributed by atoms with E-state index in [-0.39, 0.29) is 120 Å². The van der Waals surface area contributed by atoms with Gasteiger partial charge in [-0.3, -0.25) is 28.8 Å². The van der Waals surface area contributed by atoms with Crippen LogP contribution in [-0.2, 0) is 52.5 Å². The number of thioether (sulfide) groups is 1. The summed E-state index contributed by atoms with van der Waals surface area (Å²) in [5.74, 6) is -1.91. The number of carboxylic acids is 2. The number of nitrogens with two attached hydrogens (primary N) is 1. The number of amides is 4. The zero-order valence-electron chi connectivity index (χ0n) is 36.1. The molecule has 0 spiro atoms. The van der Waals surface area contributed by atoms with Crippen molar-refractivity contribution in [2.45, 2.75) is 134 Å². The van der Waals surface area contributed by atoms with Crippen LogP contribution in [0.2, 0.25) is 0 Å². The Labute approximate surface area is 371 Å². The lowest BCUT2D eigenvalue weighted by atomic mass is 10.0. The summed E-state index contributed by atoms with van der Waals surface area (Å²) in [6.45, 7) is 2.02. The van der Waals surface area contributed by atoms with E-state index in [2.05, 4.69) is 33.9 Å².